The van der Waals surface area contributed by atoms with E-state index in [-0.39, 0.29) is 11.7 Å². The second-order valence-electron chi connectivity index (χ2n) is 4.49. The van der Waals surface area contributed by atoms with Crippen LogP contribution in [0.4, 0.5) is 14.5 Å². The Morgan fingerprint density at radius 3 is 2.75 bits per heavy atom. The van der Waals surface area contributed by atoms with Crippen molar-refractivity contribution < 1.29 is 23.0 Å². The van der Waals surface area contributed by atoms with E-state index in [1.807, 2.05) is 0 Å². The molecule has 1 heterocycles. The number of methoxy groups -OCH3 is 1. The number of benzene rings is 1. The van der Waals surface area contributed by atoms with Crippen molar-refractivity contribution in [1.29, 1.82) is 0 Å². The SMILES string of the molecule is COc1ccc(OC(F)F)c(N[C@H]2CCN(C)C2=O)c1. The summed E-state index contributed by atoms with van der Waals surface area (Å²) in [6.07, 6.45) is 0.612. The van der Waals surface area contributed by atoms with E-state index in [4.69, 9.17) is 4.74 Å². The lowest BCUT2D eigenvalue weighted by atomic mass is 10.2. The second-order valence-corrected chi connectivity index (χ2v) is 4.49. The highest BCUT2D eigenvalue weighted by molar-refractivity contribution is 5.87. The molecule has 5 nitrogen and oxygen atoms in total. The molecule has 1 fully saturated rings. The van der Waals surface area contributed by atoms with E-state index in [1.54, 1.807) is 11.9 Å². The maximum Gasteiger partial charge on any atom is 0.387 e. The number of rotatable bonds is 5. The third-order valence-electron chi connectivity index (χ3n) is 3.16. The number of hydrogen-bond acceptors (Lipinski definition) is 4. The van der Waals surface area contributed by atoms with Crippen molar-refractivity contribution in [3.05, 3.63) is 18.2 Å². The summed E-state index contributed by atoms with van der Waals surface area (Å²) in [7, 11) is 3.17. The first-order chi connectivity index (χ1) is 9.51. The maximum absolute atomic E-state index is 12.4. The van der Waals surface area contributed by atoms with Crippen LogP contribution in [0.1, 0.15) is 6.42 Å². The molecule has 0 aromatic heterocycles. The van der Waals surface area contributed by atoms with Gasteiger partial charge in [0.2, 0.25) is 5.91 Å². The second kappa shape index (κ2) is 5.94. The van der Waals surface area contributed by atoms with Crippen LogP contribution in [0, 0.1) is 0 Å². The summed E-state index contributed by atoms with van der Waals surface area (Å²) in [5.74, 6) is 0.409. The number of amides is 1. The van der Waals surface area contributed by atoms with Crippen molar-refractivity contribution in [2.75, 3.05) is 26.0 Å². The molecule has 0 radical (unpaired) electrons. The molecular formula is C13H16F2N2O3. The summed E-state index contributed by atoms with van der Waals surface area (Å²) in [5, 5.41) is 2.94. The smallest absolute Gasteiger partial charge is 0.387 e. The highest BCUT2D eigenvalue weighted by Crippen LogP contribution is 2.32. The molecule has 2 rings (SSSR count). The number of halogens is 2. The molecule has 1 N–H and O–H groups in total. The summed E-state index contributed by atoms with van der Waals surface area (Å²) in [6, 6.07) is 4.00. The molecule has 0 unspecified atom stereocenters. The first-order valence-electron chi connectivity index (χ1n) is 6.15. The van der Waals surface area contributed by atoms with Crippen molar-refractivity contribution in [2.24, 2.45) is 0 Å². The van der Waals surface area contributed by atoms with Crippen molar-refractivity contribution in [2.45, 2.75) is 19.1 Å². The van der Waals surface area contributed by atoms with Crippen LogP contribution >= 0.6 is 0 Å². The zero-order valence-electron chi connectivity index (χ0n) is 11.2. The van der Waals surface area contributed by atoms with Gasteiger partial charge in [0, 0.05) is 19.7 Å². The lowest BCUT2D eigenvalue weighted by Gasteiger charge is -2.17. The third-order valence-corrected chi connectivity index (χ3v) is 3.16. The molecule has 0 spiro atoms. The van der Waals surface area contributed by atoms with E-state index in [9.17, 15) is 13.6 Å². The predicted octanol–water partition coefficient (Wildman–Crippen LogP) is 1.94. The Hall–Kier alpha value is -2.05. The standard InChI is InChI=1S/C13H16F2N2O3/c1-17-6-5-9(12(17)18)16-10-7-8(19-2)3-4-11(10)20-13(14)15/h3-4,7,9,13,16H,5-6H2,1-2H3/t9-/m0/s1. The van der Waals surface area contributed by atoms with Gasteiger partial charge in [0.25, 0.3) is 0 Å². The van der Waals surface area contributed by atoms with E-state index in [1.165, 1.54) is 25.3 Å². The molecule has 1 aliphatic rings. The zero-order valence-corrected chi connectivity index (χ0v) is 11.2. The third kappa shape index (κ3) is 3.09. The molecular weight excluding hydrogens is 270 g/mol. The summed E-state index contributed by atoms with van der Waals surface area (Å²) in [5.41, 5.74) is 0.318. The summed E-state index contributed by atoms with van der Waals surface area (Å²) in [6.45, 7) is -2.29. The Morgan fingerprint density at radius 1 is 1.45 bits per heavy atom. The van der Waals surface area contributed by atoms with Crippen molar-refractivity contribution in [3.63, 3.8) is 0 Å². The van der Waals surface area contributed by atoms with Crippen molar-refractivity contribution >= 4 is 11.6 Å². The number of carbonyl (C=O) groups is 1. The number of likely N-dealkylation sites (N-methyl/N-ethyl adjacent to an activating group) is 1. The fraction of sp³-hybridized carbons (Fsp3) is 0.462. The van der Waals surface area contributed by atoms with E-state index < -0.39 is 12.7 Å². The van der Waals surface area contributed by atoms with Gasteiger partial charge in [-0.3, -0.25) is 4.79 Å². The molecule has 1 aliphatic heterocycles. The topological polar surface area (TPSA) is 50.8 Å². The fourth-order valence-electron chi connectivity index (χ4n) is 2.09. The predicted molar refractivity (Wildman–Crippen MR) is 69.3 cm³/mol. The van der Waals surface area contributed by atoms with Gasteiger partial charge < -0.3 is 19.7 Å². The molecule has 1 aromatic carbocycles. The fourth-order valence-corrected chi connectivity index (χ4v) is 2.09. The summed E-state index contributed by atoms with van der Waals surface area (Å²) in [4.78, 5) is 13.4. The van der Waals surface area contributed by atoms with Gasteiger partial charge in [-0.2, -0.15) is 8.78 Å². The van der Waals surface area contributed by atoms with E-state index >= 15 is 0 Å². The van der Waals surface area contributed by atoms with Gasteiger partial charge in [-0.05, 0) is 18.6 Å². The molecule has 1 saturated heterocycles. The highest BCUT2D eigenvalue weighted by Gasteiger charge is 2.29. The Balaban J connectivity index is 2.21. The molecule has 0 bridgehead atoms. The molecule has 0 aliphatic carbocycles. The minimum Gasteiger partial charge on any atom is -0.497 e. The average Bonchev–Trinajstić information content (AvgIpc) is 2.72. The summed E-state index contributed by atoms with van der Waals surface area (Å²) < 4.78 is 34.2. The van der Waals surface area contributed by atoms with Crippen LogP contribution in [-0.4, -0.2) is 44.2 Å². The van der Waals surface area contributed by atoms with E-state index in [2.05, 4.69) is 10.1 Å². The van der Waals surface area contributed by atoms with Gasteiger partial charge in [0.05, 0.1) is 12.8 Å². The number of nitrogens with one attached hydrogen (secondary N) is 1. The highest BCUT2D eigenvalue weighted by atomic mass is 19.3. The van der Waals surface area contributed by atoms with E-state index in [0.717, 1.165) is 0 Å². The first kappa shape index (κ1) is 14.4. The van der Waals surface area contributed by atoms with Gasteiger partial charge in [-0.15, -0.1) is 0 Å². The zero-order chi connectivity index (χ0) is 14.7. The Morgan fingerprint density at radius 2 is 2.20 bits per heavy atom. The minimum atomic E-state index is -2.93. The first-order valence-corrected chi connectivity index (χ1v) is 6.15. The lowest BCUT2D eigenvalue weighted by molar-refractivity contribution is -0.127. The van der Waals surface area contributed by atoms with Gasteiger partial charge in [-0.1, -0.05) is 0 Å². The van der Waals surface area contributed by atoms with Gasteiger partial charge >= 0.3 is 6.61 Å². The van der Waals surface area contributed by atoms with Crippen LogP contribution in [-0.2, 0) is 4.79 Å². The number of anilines is 1. The van der Waals surface area contributed by atoms with Crippen LogP contribution in [0.3, 0.4) is 0 Å². The van der Waals surface area contributed by atoms with Crippen LogP contribution in [0.15, 0.2) is 18.2 Å². The quantitative estimate of drug-likeness (QED) is 0.898. The number of ether oxygens (including phenoxy) is 2. The monoisotopic (exact) mass is 286 g/mol. The van der Waals surface area contributed by atoms with Crippen LogP contribution in [0.2, 0.25) is 0 Å². The van der Waals surface area contributed by atoms with E-state index in [0.29, 0.717) is 24.4 Å². The number of nitrogens with zero attached hydrogens (tertiary/aromatic N) is 1. The summed E-state index contributed by atoms with van der Waals surface area (Å²) >= 11 is 0. The van der Waals surface area contributed by atoms with Crippen LogP contribution in [0.5, 0.6) is 11.5 Å². The molecule has 1 atom stereocenters. The van der Waals surface area contributed by atoms with Gasteiger partial charge in [0.1, 0.15) is 17.5 Å². The number of likely N-dealkylation sites (tertiary alicyclic amines) is 1. The minimum absolute atomic E-state index is 0.0110. The van der Waals surface area contributed by atoms with Crippen LogP contribution in [0.25, 0.3) is 0 Å². The van der Waals surface area contributed by atoms with Crippen molar-refractivity contribution in [1.82, 2.24) is 4.90 Å². The molecule has 1 amide bonds. The number of alkyl halides is 2. The Kier molecular flexibility index (Phi) is 4.26. The largest absolute Gasteiger partial charge is 0.497 e. The normalized spacial score (nSPS) is 18.6. The molecule has 20 heavy (non-hydrogen) atoms. The molecule has 1 aromatic rings. The van der Waals surface area contributed by atoms with Gasteiger partial charge in [0.15, 0.2) is 0 Å². The average molecular weight is 286 g/mol. The van der Waals surface area contributed by atoms with Gasteiger partial charge in [-0.25, -0.2) is 0 Å². The molecule has 0 saturated carbocycles. The molecule has 110 valence electrons. The van der Waals surface area contributed by atoms with Crippen LogP contribution < -0.4 is 14.8 Å². The number of carbonyl (C=O) groups excluding carboxylic acids is 1. The maximum atomic E-state index is 12.4. The number of hydrogen-bond donors (Lipinski definition) is 1. The Bertz CT molecular complexity index is 497. The lowest BCUT2D eigenvalue weighted by Crippen LogP contribution is -2.31. The Labute approximate surface area is 115 Å². The molecule has 7 heteroatoms. The van der Waals surface area contributed by atoms with Crippen molar-refractivity contribution in [3.8, 4) is 11.5 Å².